The second kappa shape index (κ2) is 5.07. The second-order valence-corrected chi connectivity index (χ2v) is 7.92. The van der Waals surface area contributed by atoms with Gasteiger partial charge in [0.15, 0.2) is 0 Å². The minimum Gasteiger partial charge on any atom is -0.323 e. The lowest BCUT2D eigenvalue weighted by Gasteiger charge is -2.48. The number of nitrogens with two attached hydrogens (primary N) is 1. The Kier molecular flexibility index (Phi) is 4.02. The molecule has 0 aliphatic carbocycles. The Balaban J connectivity index is 1.97. The first-order valence-electron chi connectivity index (χ1n) is 6.91. The van der Waals surface area contributed by atoms with E-state index in [9.17, 15) is 8.42 Å². The summed E-state index contributed by atoms with van der Waals surface area (Å²) in [5, 5.41) is 0. The number of hydrogen-bond donors (Lipinski definition) is 1. The maximum Gasteiger partial charge on any atom is 0.282 e. The number of rotatable bonds is 4. The Morgan fingerprint density at radius 2 is 2.00 bits per heavy atom. The fraction of sp³-hybridized carbons (Fsp3) is 1.00. The highest BCUT2D eigenvalue weighted by Gasteiger charge is 2.46. The van der Waals surface area contributed by atoms with Gasteiger partial charge >= 0.3 is 0 Å². The summed E-state index contributed by atoms with van der Waals surface area (Å²) in [5.74, 6) is 0.466. The first-order valence-corrected chi connectivity index (χ1v) is 8.31. The summed E-state index contributed by atoms with van der Waals surface area (Å²) in [4.78, 5) is 0. The number of hydrogen-bond acceptors (Lipinski definition) is 3. The lowest BCUT2D eigenvalue weighted by Crippen LogP contribution is -2.70. The zero-order valence-electron chi connectivity index (χ0n) is 11.4. The summed E-state index contributed by atoms with van der Waals surface area (Å²) in [5.41, 5.74) is 5.84. The van der Waals surface area contributed by atoms with Gasteiger partial charge in [-0.05, 0) is 25.2 Å². The third-order valence-electron chi connectivity index (χ3n) is 4.00. The highest BCUT2D eigenvalue weighted by Crippen LogP contribution is 2.29. The fourth-order valence-corrected chi connectivity index (χ4v) is 4.96. The molecule has 2 N–H and O–H groups in total. The average Bonchev–Trinajstić information content (AvgIpc) is 2.26. The van der Waals surface area contributed by atoms with Crippen LogP contribution in [0.4, 0.5) is 0 Å². The molecular weight excluding hydrogens is 250 g/mol. The van der Waals surface area contributed by atoms with Crippen molar-refractivity contribution in [1.29, 1.82) is 0 Å². The van der Waals surface area contributed by atoms with Gasteiger partial charge in [-0.3, -0.25) is 0 Å². The van der Waals surface area contributed by atoms with Crippen LogP contribution in [-0.4, -0.2) is 48.7 Å². The quantitative estimate of drug-likeness (QED) is 0.824. The molecule has 1 atom stereocenters. The van der Waals surface area contributed by atoms with Crippen LogP contribution in [-0.2, 0) is 10.2 Å². The van der Waals surface area contributed by atoms with E-state index in [4.69, 9.17) is 5.73 Å². The molecule has 18 heavy (non-hydrogen) atoms. The van der Waals surface area contributed by atoms with Crippen molar-refractivity contribution >= 4 is 10.2 Å². The summed E-state index contributed by atoms with van der Waals surface area (Å²) >= 11 is 0. The summed E-state index contributed by atoms with van der Waals surface area (Å²) in [6, 6.07) is 0. The zero-order valence-corrected chi connectivity index (χ0v) is 12.2. The molecule has 1 unspecified atom stereocenters. The largest absolute Gasteiger partial charge is 0.323 e. The zero-order chi connectivity index (χ0) is 13.4. The van der Waals surface area contributed by atoms with Crippen LogP contribution in [0.2, 0.25) is 0 Å². The Labute approximate surface area is 110 Å². The maximum absolute atomic E-state index is 12.4. The van der Waals surface area contributed by atoms with Crippen LogP contribution in [0.5, 0.6) is 0 Å². The maximum atomic E-state index is 12.4. The van der Waals surface area contributed by atoms with Gasteiger partial charge in [0.25, 0.3) is 10.2 Å². The van der Waals surface area contributed by atoms with Gasteiger partial charge in [-0.1, -0.05) is 20.3 Å². The van der Waals surface area contributed by atoms with E-state index >= 15 is 0 Å². The summed E-state index contributed by atoms with van der Waals surface area (Å²) in [6.45, 7) is 6.47. The molecule has 106 valence electrons. The minimum atomic E-state index is -3.26. The standard InChI is InChI=1S/C12H25N3O2S/c1-3-6-12(13)9-15(10-12)18(16,17)14-7-4-5-11(2)8-14/h11H,3-10,13H2,1-2H3. The molecule has 0 bridgehead atoms. The predicted octanol–water partition coefficient (Wildman–Crippen LogP) is 0.776. The molecule has 2 aliphatic heterocycles. The van der Waals surface area contributed by atoms with Gasteiger partial charge < -0.3 is 5.73 Å². The Bertz CT molecular complexity index is 390. The van der Waals surface area contributed by atoms with Gasteiger partial charge in [0.05, 0.1) is 0 Å². The lowest BCUT2D eigenvalue weighted by molar-refractivity contribution is 0.132. The molecule has 0 aromatic heterocycles. The summed E-state index contributed by atoms with van der Waals surface area (Å²) < 4.78 is 28.0. The molecule has 2 fully saturated rings. The van der Waals surface area contributed by atoms with Gasteiger partial charge in [-0.25, -0.2) is 0 Å². The third-order valence-corrected chi connectivity index (χ3v) is 5.90. The van der Waals surface area contributed by atoms with Crippen LogP contribution in [0, 0.1) is 5.92 Å². The first kappa shape index (κ1) is 14.2. The highest BCUT2D eigenvalue weighted by molar-refractivity contribution is 7.86. The minimum absolute atomic E-state index is 0.288. The molecule has 0 aromatic rings. The third kappa shape index (κ3) is 2.71. The number of nitrogens with zero attached hydrogens (tertiary/aromatic N) is 2. The van der Waals surface area contributed by atoms with Crippen molar-refractivity contribution < 1.29 is 8.42 Å². The topological polar surface area (TPSA) is 66.6 Å². The summed E-state index contributed by atoms with van der Waals surface area (Å²) in [7, 11) is -3.26. The van der Waals surface area contributed by atoms with Crippen LogP contribution < -0.4 is 5.73 Å². The molecule has 6 heteroatoms. The van der Waals surface area contributed by atoms with Gasteiger partial charge in [0.1, 0.15) is 0 Å². The molecule has 2 aliphatic rings. The van der Waals surface area contributed by atoms with Crippen molar-refractivity contribution in [3.05, 3.63) is 0 Å². The normalized spacial score (nSPS) is 30.1. The monoisotopic (exact) mass is 275 g/mol. The second-order valence-electron chi connectivity index (χ2n) is 5.99. The first-order chi connectivity index (χ1) is 8.37. The van der Waals surface area contributed by atoms with E-state index in [1.54, 1.807) is 8.61 Å². The van der Waals surface area contributed by atoms with E-state index in [1.165, 1.54) is 0 Å². The molecule has 0 radical (unpaired) electrons. The van der Waals surface area contributed by atoms with E-state index in [0.29, 0.717) is 32.1 Å². The van der Waals surface area contributed by atoms with Gasteiger partial charge in [0, 0.05) is 31.7 Å². The van der Waals surface area contributed by atoms with Crippen molar-refractivity contribution in [2.24, 2.45) is 11.7 Å². The molecule has 0 spiro atoms. The lowest BCUT2D eigenvalue weighted by atomic mass is 9.89. The van der Waals surface area contributed by atoms with E-state index in [2.05, 4.69) is 13.8 Å². The SMILES string of the molecule is CCCC1(N)CN(S(=O)(=O)N2CCCC(C)C2)C1. The summed E-state index contributed by atoms with van der Waals surface area (Å²) in [6.07, 6.45) is 4.00. The van der Waals surface area contributed by atoms with Gasteiger partial charge in [-0.2, -0.15) is 17.0 Å². The molecule has 2 rings (SSSR count). The average molecular weight is 275 g/mol. The van der Waals surface area contributed by atoms with Crippen LogP contribution in [0.1, 0.15) is 39.5 Å². The molecule has 5 nitrogen and oxygen atoms in total. The van der Waals surface area contributed by atoms with Gasteiger partial charge in [-0.15, -0.1) is 0 Å². The Morgan fingerprint density at radius 3 is 2.56 bits per heavy atom. The van der Waals surface area contributed by atoms with Crippen molar-refractivity contribution in [2.75, 3.05) is 26.2 Å². The van der Waals surface area contributed by atoms with Crippen molar-refractivity contribution in [3.63, 3.8) is 0 Å². The van der Waals surface area contributed by atoms with Crippen LogP contribution in [0.25, 0.3) is 0 Å². The molecule has 0 saturated carbocycles. The van der Waals surface area contributed by atoms with E-state index < -0.39 is 10.2 Å². The molecule has 0 aromatic carbocycles. The van der Waals surface area contributed by atoms with Crippen LogP contribution >= 0.6 is 0 Å². The van der Waals surface area contributed by atoms with Crippen LogP contribution in [0.3, 0.4) is 0 Å². The molecule has 2 heterocycles. The molecule has 0 amide bonds. The smallest absolute Gasteiger partial charge is 0.282 e. The van der Waals surface area contributed by atoms with E-state index in [-0.39, 0.29) is 5.54 Å². The highest BCUT2D eigenvalue weighted by atomic mass is 32.2. The van der Waals surface area contributed by atoms with Crippen molar-refractivity contribution in [1.82, 2.24) is 8.61 Å². The van der Waals surface area contributed by atoms with E-state index in [1.807, 2.05) is 0 Å². The predicted molar refractivity (Wildman–Crippen MR) is 72.3 cm³/mol. The van der Waals surface area contributed by atoms with Crippen LogP contribution in [0.15, 0.2) is 0 Å². The van der Waals surface area contributed by atoms with Gasteiger partial charge in [0.2, 0.25) is 0 Å². The molecular formula is C12H25N3O2S. The van der Waals surface area contributed by atoms with Crippen molar-refractivity contribution in [2.45, 2.75) is 45.1 Å². The number of piperidine rings is 1. The Morgan fingerprint density at radius 1 is 1.33 bits per heavy atom. The Hall–Kier alpha value is -0.170. The fourth-order valence-electron chi connectivity index (χ4n) is 2.99. The molecule has 2 saturated heterocycles. The van der Waals surface area contributed by atoms with E-state index in [0.717, 1.165) is 25.7 Å². The van der Waals surface area contributed by atoms with Crippen molar-refractivity contribution in [3.8, 4) is 0 Å².